The third-order valence-corrected chi connectivity index (χ3v) is 4.73. The maximum atomic E-state index is 12.9. The number of nitrogens with zero attached hydrogens (tertiary/aromatic N) is 1. The number of thiophene rings is 1. The Morgan fingerprint density at radius 1 is 1.13 bits per heavy atom. The quantitative estimate of drug-likeness (QED) is 0.667. The van der Waals surface area contributed by atoms with Crippen LogP contribution in [-0.4, -0.2) is 17.4 Å². The van der Waals surface area contributed by atoms with Crippen molar-refractivity contribution < 1.29 is 9.21 Å². The summed E-state index contributed by atoms with van der Waals surface area (Å²) >= 11 is 1.72. The van der Waals surface area contributed by atoms with E-state index in [1.165, 1.54) is 4.88 Å². The molecule has 3 aromatic rings. The molecule has 1 amide bonds. The van der Waals surface area contributed by atoms with Crippen molar-refractivity contribution in [1.29, 1.82) is 0 Å². The topological polar surface area (TPSA) is 33.5 Å². The van der Waals surface area contributed by atoms with Gasteiger partial charge in [-0.2, -0.15) is 0 Å². The summed E-state index contributed by atoms with van der Waals surface area (Å²) in [5.74, 6) is 0.856. The van der Waals surface area contributed by atoms with Gasteiger partial charge in [0, 0.05) is 17.0 Å². The van der Waals surface area contributed by atoms with E-state index in [0.717, 1.165) is 23.3 Å². The number of benzene rings is 1. The second kappa shape index (κ2) is 7.29. The molecule has 1 aromatic carbocycles. The zero-order valence-corrected chi connectivity index (χ0v) is 13.9. The van der Waals surface area contributed by atoms with E-state index < -0.39 is 0 Å². The van der Waals surface area contributed by atoms with E-state index >= 15 is 0 Å². The van der Waals surface area contributed by atoms with Gasteiger partial charge in [-0.3, -0.25) is 4.79 Å². The Balaban J connectivity index is 1.78. The van der Waals surface area contributed by atoms with Gasteiger partial charge in [-0.05, 0) is 48.6 Å². The van der Waals surface area contributed by atoms with E-state index in [1.807, 2.05) is 54.3 Å². The Bertz CT molecular complexity index is 748. The van der Waals surface area contributed by atoms with Crippen molar-refractivity contribution >= 4 is 17.2 Å². The first kappa shape index (κ1) is 15.6. The first-order valence-corrected chi connectivity index (χ1v) is 8.51. The number of hydrogen-bond donors (Lipinski definition) is 0. The zero-order chi connectivity index (χ0) is 16.1. The second-order valence-electron chi connectivity index (χ2n) is 5.45. The Kier molecular flexibility index (Phi) is 4.93. The highest BCUT2D eigenvalue weighted by Crippen LogP contribution is 2.16. The van der Waals surface area contributed by atoms with Crippen LogP contribution in [0.15, 0.2) is 64.6 Å². The molecule has 0 aliphatic heterocycles. The van der Waals surface area contributed by atoms with Crippen LogP contribution in [0.4, 0.5) is 0 Å². The molecule has 4 heteroatoms. The first-order chi connectivity index (χ1) is 11.2. The lowest BCUT2D eigenvalue weighted by Gasteiger charge is -2.22. The normalized spacial score (nSPS) is 10.7. The lowest BCUT2D eigenvalue weighted by molar-refractivity contribution is 0.0733. The number of aryl methyl sites for hydroxylation is 1. The van der Waals surface area contributed by atoms with Gasteiger partial charge in [0.05, 0.1) is 12.8 Å². The van der Waals surface area contributed by atoms with Crippen LogP contribution in [0.25, 0.3) is 0 Å². The Morgan fingerprint density at radius 2 is 2.00 bits per heavy atom. The summed E-state index contributed by atoms with van der Waals surface area (Å²) in [6.07, 6.45) is 2.50. The van der Waals surface area contributed by atoms with E-state index in [4.69, 9.17) is 4.42 Å². The Labute approximate surface area is 140 Å². The average molecular weight is 325 g/mol. The van der Waals surface area contributed by atoms with E-state index in [2.05, 4.69) is 11.4 Å². The predicted octanol–water partition coefficient (Wildman–Crippen LogP) is 4.53. The predicted molar refractivity (Wildman–Crippen MR) is 92.7 cm³/mol. The molecule has 0 atom stereocenters. The van der Waals surface area contributed by atoms with Gasteiger partial charge >= 0.3 is 0 Å². The molecule has 0 radical (unpaired) electrons. The maximum absolute atomic E-state index is 12.9. The van der Waals surface area contributed by atoms with Crippen LogP contribution in [0.2, 0.25) is 0 Å². The number of carbonyl (C=O) groups excluding carboxylic acids is 1. The highest BCUT2D eigenvalue weighted by molar-refractivity contribution is 7.09. The second-order valence-corrected chi connectivity index (χ2v) is 6.48. The summed E-state index contributed by atoms with van der Waals surface area (Å²) in [6.45, 7) is 3.14. The van der Waals surface area contributed by atoms with Crippen molar-refractivity contribution in [3.8, 4) is 0 Å². The highest BCUT2D eigenvalue weighted by atomic mass is 32.1. The smallest absolute Gasteiger partial charge is 0.254 e. The van der Waals surface area contributed by atoms with Gasteiger partial charge in [0.15, 0.2) is 0 Å². The summed E-state index contributed by atoms with van der Waals surface area (Å²) in [5, 5.41) is 2.06. The molecule has 3 nitrogen and oxygen atoms in total. The molecule has 0 saturated carbocycles. The highest BCUT2D eigenvalue weighted by Gasteiger charge is 2.18. The van der Waals surface area contributed by atoms with Crippen LogP contribution < -0.4 is 0 Å². The third kappa shape index (κ3) is 3.90. The standard InChI is InChI=1S/C19H19NO2S/c1-15-6-2-3-9-18(15)19(21)20(14-16-7-4-12-22-16)11-10-17-8-5-13-23-17/h2-9,12-13H,10-11,14H2,1H3. The molecule has 2 heterocycles. The molecule has 0 spiro atoms. The van der Waals surface area contributed by atoms with Crippen molar-refractivity contribution in [2.24, 2.45) is 0 Å². The minimum Gasteiger partial charge on any atom is -0.467 e. The monoisotopic (exact) mass is 325 g/mol. The first-order valence-electron chi connectivity index (χ1n) is 7.63. The van der Waals surface area contributed by atoms with Gasteiger partial charge < -0.3 is 9.32 Å². The van der Waals surface area contributed by atoms with Gasteiger partial charge in [-0.15, -0.1) is 11.3 Å². The summed E-state index contributed by atoms with van der Waals surface area (Å²) in [7, 11) is 0. The van der Waals surface area contributed by atoms with Crippen LogP contribution >= 0.6 is 11.3 Å². The SMILES string of the molecule is Cc1ccccc1C(=O)N(CCc1cccs1)Cc1ccco1. The van der Waals surface area contributed by atoms with Gasteiger partial charge in [0.2, 0.25) is 0 Å². The third-order valence-electron chi connectivity index (χ3n) is 3.80. The fraction of sp³-hybridized carbons (Fsp3) is 0.211. The van der Waals surface area contributed by atoms with Crippen molar-refractivity contribution in [1.82, 2.24) is 4.90 Å². The molecule has 0 bridgehead atoms. The molecule has 0 aliphatic rings. The molecular weight excluding hydrogens is 306 g/mol. The Morgan fingerprint density at radius 3 is 2.70 bits per heavy atom. The molecule has 0 saturated heterocycles. The molecule has 23 heavy (non-hydrogen) atoms. The van der Waals surface area contributed by atoms with Gasteiger partial charge in [-0.25, -0.2) is 0 Å². The molecule has 0 fully saturated rings. The van der Waals surface area contributed by atoms with Crippen LogP contribution in [0.1, 0.15) is 26.6 Å². The molecule has 0 unspecified atom stereocenters. The summed E-state index contributed by atoms with van der Waals surface area (Å²) in [4.78, 5) is 16.1. The molecule has 118 valence electrons. The van der Waals surface area contributed by atoms with E-state index in [-0.39, 0.29) is 5.91 Å². The fourth-order valence-electron chi connectivity index (χ4n) is 2.53. The lowest BCUT2D eigenvalue weighted by Crippen LogP contribution is -2.32. The maximum Gasteiger partial charge on any atom is 0.254 e. The minimum absolute atomic E-state index is 0.0519. The number of furan rings is 1. The number of rotatable bonds is 6. The van der Waals surface area contributed by atoms with E-state index in [1.54, 1.807) is 17.6 Å². The zero-order valence-electron chi connectivity index (χ0n) is 13.1. The van der Waals surface area contributed by atoms with Crippen molar-refractivity contribution in [3.05, 3.63) is 81.9 Å². The lowest BCUT2D eigenvalue weighted by atomic mass is 10.1. The average Bonchev–Trinajstić information content (AvgIpc) is 3.25. The van der Waals surface area contributed by atoms with Crippen LogP contribution in [0.5, 0.6) is 0 Å². The largest absolute Gasteiger partial charge is 0.467 e. The molecule has 3 rings (SSSR count). The van der Waals surface area contributed by atoms with Crippen molar-refractivity contribution in [3.63, 3.8) is 0 Å². The number of hydrogen-bond acceptors (Lipinski definition) is 3. The van der Waals surface area contributed by atoms with Crippen LogP contribution in [0, 0.1) is 6.92 Å². The summed E-state index contributed by atoms with van der Waals surface area (Å²) < 4.78 is 5.43. The van der Waals surface area contributed by atoms with E-state index in [9.17, 15) is 4.79 Å². The molecule has 2 aromatic heterocycles. The summed E-state index contributed by atoms with van der Waals surface area (Å²) in [5.41, 5.74) is 1.75. The number of amides is 1. The molecule has 0 N–H and O–H groups in total. The minimum atomic E-state index is 0.0519. The summed E-state index contributed by atoms with van der Waals surface area (Å²) in [6, 6.07) is 15.6. The van der Waals surface area contributed by atoms with E-state index in [0.29, 0.717) is 13.1 Å². The van der Waals surface area contributed by atoms with Crippen LogP contribution in [-0.2, 0) is 13.0 Å². The van der Waals surface area contributed by atoms with Crippen molar-refractivity contribution in [2.45, 2.75) is 19.9 Å². The number of carbonyl (C=O) groups is 1. The molecule has 0 aliphatic carbocycles. The van der Waals surface area contributed by atoms with Gasteiger partial charge in [0.25, 0.3) is 5.91 Å². The van der Waals surface area contributed by atoms with Gasteiger partial charge in [0.1, 0.15) is 5.76 Å². The Hall–Kier alpha value is -2.33. The van der Waals surface area contributed by atoms with Crippen molar-refractivity contribution in [2.75, 3.05) is 6.54 Å². The van der Waals surface area contributed by atoms with Crippen LogP contribution in [0.3, 0.4) is 0 Å². The van der Waals surface area contributed by atoms with Gasteiger partial charge in [-0.1, -0.05) is 24.3 Å². The molecular formula is C19H19NO2S. The fourth-order valence-corrected chi connectivity index (χ4v) is 3.22.